The van der Waals surface area contributed by atoms with Crippen molar-refractivity contribution in [3.05, 3.63) is 54.0 Å². The zero-order chi connectivity index (χ0) is 15.1. The highest BCUT2D eigenvalue weighted by atomic mass is 16.6. The minimum Gasteiger partial charge on any atom is -0.444 e. The van der Waals surface area contributed by atoms with E-state index in [-0.39, 0.29) is 12.3 Å². The Kier molecular flexibility index (Phi) is 4.83. The summed E-state index contributed by atoms with van der Waals surface area (Å²) in [5, 5.41) is 8.69. The van der Waals surface area contributed by atoms with Gasteiger partial charge in [-0.2, -0.15) is 5.26 Å². The minimum atomic E-state index is -0.500. The number of carbonyl (C=O) groups excluding carboxylic acids is 1. The second-order valence-electron chi connectivity index (χ2n) is 4.16. The van der Waals surface area contributed by atoms with E-state index in [1.807, 2.05) is 43.3 Å². The Morgan fingerprint density at radius 2 is 2.05 bits per heavy atom. The maximum atomic E-state index is 12.1. The van der Waals surface area contributed by atoms with Gasteiger partial charge in [-0.3, -0.25) is 4.90 Å². The van der Waals surface area contributed by atoms with Gasteiger partial charge in [-0.05, 0) is 12.5 Å². The molecule has 2 rings (SSSR count). The van der Waals surface area contributed by atoms with Crippen molar-refractivity contribution in [1.82, 2.24) is 9.97 Å². The molecule has 0 unspecified atom stereocenters. The van der Waals surface area contributed by atoms with Gasteiger partial charge in [0.2, 0.25) is 0 Å². The molecule has 1 aromatic carbocycles. The molecule has 21 heavy (non-hydrogen) atoms. The predicted octanol–water partition coefficient (Wildman–Crippen LogP) is 2.51. The lowest BCUT2D eigenvalue weighted by Gasteiger charge is -2.18. The van der Waals surface area contributed by atoms with Gasteiger partial charge in [0, 0.05) is 6.54 Å². The van der Waals surface area contributed by atoms with Crippen molar-refractivity contribution in [3.8, 4) is 6.07 Å². The third kappa shape index (κ3) is 3.76. The van der Waals surface area contributed by atoms with Crippen LogP contribution in [0.4, 0.5) is 10.6 Å². The van der Waals surface area contributed by atoms with E-state index in [4.69, 9.17) is 10.00 Å². The SMILES string of the molecule is CCN(C(=O)OCc1ccccc1)c1cnc(C#N)cn1. The molecule has 6 heteroatoms. The van der Waals surface area contributed by atoms with Crippen LogP contribution in [0.2, 0.25) is 0 Å². The molecule has 2 aromatic rings. The molecule has 0 aliphatic heterocycles. The molecule has 6 nitrogen and oxygen atoms in total. The number of ether oxygens (including phenoxy) is 1. The molecule has 106 valence electrons. The van der Waals surface area contributed by atoms with E-state index in [9.17, 15) is 4.79 Å². The van der Waals surface area contributed by atoms with Gasteiger partial charge in [-0.1, -0.05) is 30.3 Å². The molecule has 0 saturated carbocycles. The summed E-state index contributed by atoms with van der Waals surface area (Å²) in [4.78, 5) is 21.4. The number of hydrogen-bond donors (Lipinski definition) is 0. The fraction of sp³-hybridized carbons (Fsp3) is 0.200. The second kappa shape index (κ2) is 7.01. The topological polar surface area (TPSA) is 79.1 Å². The number of anilines is 1. The Balaban J connectivity index is 2.02. The summed E-state index contributed by atoms with van der Waals surface area (Å²) >= 11 is 0. The summed E-state index contributed by atoms with van der Waals surface area (Å²) in [7, 11) is 0. The second-order valence-corrected chi connectivity index (χ2v) is 4.16. The van der Waals surface area contributed by atoms with Gasteiger partial charge in [0.25, 0.3) is 0 Å². The van der Waals surface area contributed by atoms with Crippen molar-refractivity contribution in [2.45, 2.75) is 13.5 Å². The van der Waals surface area contributed by atoms with Gasteiger partial charge in [0.15, 0.2) is 11.5 Å². The molecule has 0 radical (unpaired) electrons. The summed E-state index contributed by atoms with van der Waals surface area (Å²) in [5.74, 6) is 0.356. The fourth-order valence-electron chi connectivity index (χ4n) is 1.70. The largest absolute Gasteiger partial charge is 0.444 e. The van der Waals surface area contributed by atoms with Gasteiger partial charge in [-0.15, -0.1) is 0 Å². The van der Waals surface area contributed by atoms with Crippen molar-refractivity contribution in [2.75, 3.05) is 11.4 Å². The average molecular weight is 282 g/mol. The summed E-state index contributed by atoms with van der Waals surface area (Å²) in [6.45, 7) is 2.40. The average Bonchev–Trinajstić information content (AvgIpc) is 2.55. The third-order valence-corrected chi connectivity index (χ3v) is 2.77. The molecule has 0 N–H and O–H groups in total. The zero-order valence-corrected chi connectivity index (χ0v) is 11.6. The van der Waals surface area contributed by atoms with E-state index in [1.54, 1.807) is 0 Å². The van der Waals surface area contributed by atoms with Crippen molar-refractivity contribution in [2.24, 2.45) is 0 Å². The van der Waals surface area contributed by atoms with Crippen LogP contribution in [0.3, 0.4) is 0 Å². The first-order valence-corrected chi connectivity index (χ1v) is 6.45. The van der Waals surface area contributed by atoms with E-state index in [2.05, 4.69) is 9.97 Å². The van der Waals surface area contributed by atoms with Gasteiger partial charge in [-0.25, -0.2) is 14.8 Å². The molecular weight excluding hydrogens is 268 g/mol. The highest BCUT2D eigenvalue weighted by Gasteiger charge is 2.17. The van der Waals surface area contributed by atoms with Gasteiger partial charge in [0.1, 0.15) is 12.7 Å². The smallest absolute Gasteiger partial charge is 0.415 e. The van der Waals surface area contributed by atoms with Crippen LogP contribution in [0, 0.1) is 11.3 Å². The van der Waals surface area contributed by atoms with Crippen molar-refractivity contribution >= 4 is 11.9 Å². The number of aromatic nitrogens is 2. The van der Waals surface area contributed by atoms with Crippen LogP contribution < -0.4 is 4.90 Å². The van der Waals surface area contributed by atoms with Gasteiger partial charge >= 0.3 is 6.09 Å². The first-order valence-electron chi connectivity index (χ1n) is 6.45. The minimum absolute atomic E-state index is 0.194. The number of rotatable bonds is 4. The lowest BCUT2D eigenvalue weighted by atomic mass is 10.2. The lowest BCUT2D eigenvalue weighted by molar-refractivity contribution is 0.147. The lowest BCUT2D eigenvalue weighted by Crippen LogP contribution is -2.32. The molecule has 0 spiro atoms. The van der Waals surface area contributed by atoms with E-state index >= 15 is 0 Å². The summed E-state index contributed by atoms with van der Waals surface area (Å²) in [6.07, 6.45) is 2.20. The zero-order valence-electron chi connectivity index (χ0n) is 11.6. The summed E-state index contributed by atoms with van der Waals surface area (Å²) < 4.78 is 5.25. The first-order chi connectivity index (χ1) is 10.2. The van der Waals surface area contributed by atoms with E-state index < -0.39 is 6.09 Å². The van der Waals surface area contributed by atoms with Crippen LogP contribution >= 0.6 is 0 Å². The molecule has 0 aliphatic carbocycles. The molecule has 0 aliphatic rings. The molecule has 1 amide bonds. The first kappa shape index (κ1) is 14.5. The highest BCUT2D eigenvalue weighted by Crippen LogP contribution is 2.11. The number of hydrogen-bond acceptors (Lipinski definition) is 5. The van der Waals surface area contributed by atoms with Crippen LogP contribution in [0.25, 0.3) is 0 Å². The molecule has 1 heterocycles. The van der Waals surface area contributed by atoms with Crippen molar-refractivity contribution in [3.63, 3.8) is 0 Å². The van der Waals surface area contributed by atoms with Crippen LogP contribution in [0.5, 0.6) is 0 Å². The van der Waals surface area contributed by atoms with E-state index in [0.29, 0.717) is 12.4 Å². The number of nitriles is 1. The Morgan fingerprint density at radius 3 is 2.62 bits per heavy atom. The number of nitrogens with zero attached hydrogens (tertiary/aromatic N) is 4. The van der Waals surface area contributed by atoms with Gasteiger partial charge < -0.3 is 4.74 Å². The van der Waals surface area contributed by atoms with Crippen molar-refractivity contribution in [1.29, 1.82) is 5.26 Å². The number of benzene rings is 1. The van der Waals surface area contributed by atoms with Crippen molar-refractivity contribution < 1.29 is 9.53 Å². The van der Waals surface area contributed by atoms with Crippen LogP contribution in [0.15, 0.2) is 42.7 Å². The summed E-state index contributed by atoms with van der Waals surface area (Å²) in [6, 6.07) is 11.3. The summed E-state index contributed by atoms with van der Waals surface area (Å²) in [5.41, 5.74) is 1.11. The maximum absolute atomic E-state index is 12.1. The quantitative estimate of drug-likeness (QED) is 0.860. The molecule has 0 saturated heterocycles. The molecule has 1 aromatic heterocycles. The normalized spacial score (nSPS) is 9.71. The Bertz CT molecular complexity index is 635. The number of carbonyl (C=O) groups is 1. The van der Waals surface area contributed by atoms with E-state index in [0.717, 1.165) is 5.56 Å². The predicted molar refractivity (Wildman–Crippen MR) is 76.4 cm³/mol. The molecule has 0 bridgehead atoms. The van der Waals surface area contributed by atoms with Crippen LogP contribution in [-0.4, -0.2) is 22.6 Å². The maximum Gasteiger partial charge on any atom is 0.415 e. The van der Waals surface area contributed by atoms with Crippen LogP contribution in [0.1, 0.15) is 18.2 Å². The fourth-order valence-corrected chi connectivity index (χ4v) is 1.70. The highest BCUT2D eigenvalue weighted by molar-refractivity contribution is 5.86. The monoisotopic (exact) mass is 282 g/mol. The molecule has 0 atom stereocenters. The third-order valence-electron chi connectivity index (χ3n) is 2.77. The van der Waals surface area contributed by atoms with Crippen LogP contribution in [-0.2, 0) is 11.3 Å². The molecule has 0 fully saturated rings. The molecular formula is C15H14N4O2. The van der Waals surface area contributed by atoms with Gasteiger partial charge in [0.05, 0.1) is 12.4 Å². The Labute approximate surface area is 122 Å². The number of amides is 1. The Hall–Kier alpha value is -2.94. The van der Waals surface area contributed by atoms with E-state index in [1.165, 1.54) is 17.3 Å². The Morgan fingerprint density at radius 1 is 1.29 bits per heavy atom. The standard InChI is InChI=1S/C15H14N4O2/c1-2-19(14-10-17-13(8-16)9-18-14)15(20)21-11-12-6-4-3-5-7-12/h3-7,9-10H,2,11H2,1H3.